The second-order valence-corrected chi connectivity index (χ2v) is 6.32. The molecule has 0 aliphatic heterocycles. The maximum atomic E-state index is 12.2. The summed E-state index contributed by atoms with van der Waals surface area (Å²) in [5.41, 5.74) is -0.0459. The molecule has 0 saturated carbocycles. The molecule has 0 radical (unpaired) electrons. The predicted molar refractivity (Wildman–Crippen MR) is 86.2 cm³/mol. The highest BCUT2D eigenvalue weighted by molar-refractivity contribution is 14.2. The summed E-state index contributed by atoms with van der Waals surface area (Å²) in [5.74, 6) is 0. The molecule has 1 atom stereocenters. The van der Waals surface area contributed by atoms with Crippen LogP contribution in [0.3, 0.4) is 0 Å². The van der Waals surface area contributed by atoms with Crippen molar-refractivity contribution in [3.63, 3.8) is 0 Å². The molecule has 0 bridgehead atoms. The standard InChI is InChI=1S/C9H11BrIN4O3P/c1-14-6-5(12-8(10)13-6)7(16)15(9(14)17)3-2-4-18-19-11/h19H,2-4H2,1H3,(H,12,13). The maximum Gasteiger partial charge on any atom is 0.332 e. The minimum atomic E-state index is -0.367. The molecule has 7 nitrogen and oxygen atoms in total. The number of H-pyrrole nitrogens is 1. The van der Waals surface area contributed by atoms with Crippen LogP contribution < -0.4 is 11.2 Å². The van der Waals surface area contributed by atoms with Crippen molar-refractivity contribution < 1.29 is 4.52 Å². The van der Waals surface area contributed by atoms with Crippen LogP contribution in [-0.2, 0) is 18.1 Å². The van der Waals surface area contributed by atoms with Crippen LogP contribution in [0.2, 0.25) is 0 Å². The molecule has 1 unspecified atom stereocenters. The van der Waals surface area contributed by atoms with Crippen LogP contribution >= 0.6 is 44.4 Å². The van der Waals surface area contributed by atoms with E-state index in [9.17, 15) is 9.59 Å². The van der Waals surface area contributed by atoms with E-state index in [2.05, 4.69) is 47.9 Å². The third-order valence-corrected chi connectivity index (χ3v) is 4.26. The molecule has 0 saturated heterocycles. The van der Waals surface area contributed by atoms with Crippen molar-refractivity contribution in [2.45, 2.75) is 13.0 Å². The summed E-state index contributed by atoms with van der Waals surface area (Å²) < 4.78 is 8.21. The van der Waals surface area contributed by atoms with E-state index in [1.807, 2.05) is 0 Å². The normalized spacial score (nSPS) is 11.9. The molecule has 2 aromatic rings. The monoisotopic (exact) mass is 460 g/mol. The highest BCUT2D eigenvalue weighted by atomic mass is 127. The smallest absolute Gasteiger partial charge is 0.332 e. The number of imidazole rings is 1. The van der Waals surface area contributed by atoms with Crippen molar-refractivity contribution in [1.29, 1.82) is 0 Å². The zero-order valence-corrected chi connectivity index (χ0v) is 14.7. The Kier molecular flexibility index (Phi) is 5.15. The lowest BCUT2D eigenvalue weighted by Crippen LogP contribution is -2.39. The zero-order valence-electron chi connectivity index (χ0n) is 9.94. The number of nitrogens with one attached hydrogen (secondary N) is 1. The van der Waals surface area contributed by atoms with Gasteiger partial charge in [-0.15, -0.1) is 0 Å². The van der Waals surface area contributed by atoms with Gasteiger partial charge in [0.2, 0.25) is 0 Å². The number of fused-ring (bicyclic) bond motifs is 1. The van der Waals surface area contributed by atoms with Gasteiger partial charge in [0.25, 0.3) is 5.56 Å². The van der Waals surface area contributed by atoms with Gasteiger partial charge < -0.3 is 9.51 Å². The van der Waals surface area contributed by atoms with Gasteiger partial charge in [-0.1, -0.05) is 0 Å². The highest BCUT2D eigenvalue weighted by Crippen LogP contribution is 2.21. The fourth-order valence-electron chi connectivity index (χ4n) is 1.75. The summed E-state index contributed by atoms with van der Waals surface area (Å²) in [6.07, 6.45) is 0.617. The molecule has 0 amide bonds. The highest BCUT2D eigenvalue weighted by Gasteiger charge is 2.14. The van der Waals surface area contributed by atoms with Gasteiger partial charge in [-0.3, -0.25) is 13.9 Å². The largest absolute Gasteiger partial charge is 0.352 e. The predicted octanol–water partition coefficient (Wildman–Crippen LogP) is 1.54. The van der Waals surface area contributed by atoms with E-state index in [1.54, 1.807) is 7.05 Å². The van der Waals surface area contributed by atoms with Crippen molar-refractivity contribution in [3.8, 4) is 0 Å². The number of halogens is 2. The first-order valence-corrected chi connectivity index (χ1v) is 10.2. The summed E-state index contributed by atoms with van der Waals surface area (Å²) >= 11 is 5.29. The third kappa shape index (κ3) is 3.09. The maximum absolute atomic E-state index is 12.2. The van der Waals surface area contributed by atoms with Crippen molar-refractivity contribution in [1.82, 2.24) is 19.1 Å². The lowest BCUT2D eigenvalue weighted by atomic mass is 10.4. The Balaban J connectivity index is 2.44. The van der Waals surface area contributed by atoms with E-state index in [4.69, 9.17) is 4.52 Å². The first-order valence-electron chi connectivity index (χ1n) is 5.38. The van der Waals surface area contributed by atoms with E-state index in [1.165, 1.54) is 9.13 Å². The van der Waals surface area contributed by atoms with Gasteiger partial charge in [0, 0.05) is 13.6 Å². The first kappa shape index (κ1) is 15.1. The topological polar surface area (TPSA) is 81.9 Å². The Labute approximate surface area is 131 Å². The van der Waals surface area contributed by atoms with Crippen LogP contribution in [0.4, 0.5) is 0 Å². The fourth-order valence-corrected chi connectivity index (χ4v) is 3.00. The van der Waals surface area contributed by atoms with Crippen LogP contribution in [0.5, 0.6) is 0 Å². The molecule has 0 aliphatic rings. The number of aryl methyl sites for hydroxylation is 1. The average molecular weight is 461 g/mol. The van der Waals surface area contributed by atoms with Gasteiger partial charge in [-0.2, -0.15) is 0 Å². The Hall–Kier alpha value is -0.250. The molecule has 0 spiro atoms. The minimum Gasteiger partial charge on any atom is -0.352 e. The van der Waals surface area contributed by atoms with Gasteiger partial charge in [0.05, 0.1) is 13.1 Å². The summed E-state index contributed by atoms with van der Waals surface area (Å²) in [7, 11) is 1.59. The third-order valence-electron chi connectivity index (χ3n) is 2.63. The number of hydrogen-bond donors (Lipinski definition) is 1. The van der Waals surface area contributed by atoms with Crippen LogP contribution in [0.25, 0.3) is 11.2 Å². The van der Waals surface area contributed by atoms with Gasteiger partial charge in [-0.05, 0) is 44.4 Å². The van der Waals surface area contributed by atoms with Gasteiger partial charge in [-0.25, -0.2) is 9.78 Å². The van der Waals surface area contributed by atoms with E-state index in [0.717, 1.165) is 0 Å². The Morgan fingerprint density at radius 1 is 1.53 bits per heavy atom. The van der Waals surface area contributed by atoms with Crippen molar-refractivity contribution in [2.24, 2.45) is 7.05 Å². The molecule has 19 heavy (non-hydrogen) atoms. The van der Waals surface area contributed by atoms with Crippen molar-refractivity contribution >= 4 is 55.6 Å². The summed E-state index contributed by atoms with van der Waals surface area (Å²) in [6.45, 7) is 1.24. The van der Waals surface area contributed by atoms with Crippen molar-refractivity contribution in [2.75, 3.05) is 6.61 Å². The second kappa shape index (κ2) is 6.47. The molecule has 10 heteroatoms. The molecular formula is C9H11BrIN4O3P. The van der Waals surface area contributed by atoms with Crippen LogP contribution in [0, 0.1) is 0 Å². The molecule has 0 fully saturated rings. The van der Waals surface area contributed by atoms with Crippen LogP contribution in [-0.4, -0.2) is 25.7 Å². The average Bonchev–Trinajstić information content (AvgIpc) is 2.78. The van der Waals surface area contributed by atoms with Gasteiger partial charge in [0.1, 0.15) is 0 Å². The van der Waals surface area contributed by atoms with Gasteiger partial charge in [0.15, 0.2) is 15.9 Å². The number of aromatic nitrogens is 4. The van der Waals surface area contributed by atoms with Gasteiger partial charge >= 0.3 is 5.69 Å². The molecular weight excluding hydrogens is 450 g/mol. The first-order chi connectivity index (χ1) is 9.06. The second-order valence-electron chi connectivity index (χ2n) is 3.80. The van der Waals surface area contributed by atoms with E-state index < -0.39 is 0 Å². The van der Waals surface area contributed by atoms with Crippen molar-refractivity contribution in [3.05, 3.63) is 25.6 Å². The molecule has 0 aliphatic carbocycles. The number of hydrogen-bond acceptors (Lipinski definition) is 4. The Morgan fingerprint density at radius 2 is 2.26 bits per heavy atom. The summed E-state index contributed by atoms with van der Waals surface area (Å²) in [4.78, 5) is 31.2. The lowest BCUT2D eigenvalue weighted by molar-refractivity contribution is 0.344. The van der Waals surface area contributed by atoms with Crippen LogP contribution in [0.1, 0.15) is 6.42 Å². The molecule has 1 N–H and O–H groups in total. The molecule has 2 heterocycles. The fraction of sp³-hybridized carbons (Fsp3) is 0.444. The number of rotatable bonds is 5. The molecule has 2 rings (SSSR count). The zero-order chi connectivity index (χ0) is 14.0. The number of aromatic amines is 1. The minimum absolute atomic E-state index is 0.325. The summed E-state index contributed by atoms with van der Waals surface area (Å²) in [6, 6.07) is 0. The van der Waals surface area contributed by atoms with E-state index in [0.29, 0.717) is 41.9 Å². The van der Waals surface area contributed by atoms with Crippen LogP contribution in [0.15, 0.2) is 14.3 Å². The Bertz CT molecular complexity index is 710. The van der Waals surface area contributed by atoms with E-state index in [-0.39, 0.29) is 11.2 Å². The molecule has 104 valence electrons. The quantitative estimate of drug-likeness (QED) is 0.317. The Morgan fingerprint density at radius 3 is 2.95 bits per heavy atom. The SMILES string of the molecule is Cn1c(=O)n(CCCOPI)c(=O)c2[nH]c(Br)nc21. The summed E-state index contributed by atoms with van der Waals surface area (Å²) in [5, 5.41) is 0. The van der Waals surface area contributed by atoms with E-state index >= 15 is 0 Å². The lowest BCUT2D eigenvalue weighted by Gasteiger charge is -2.07. The molecule has 0 aromatic carbocycles. The number of nitrogens with zero attached hydrogens (tertiary/aromatic N) is 3. The molecule has 2 aromatic heterocycles.